The maximum Gasteiger partial charge on any atom is 0.418 e. The first kappa shape index (κ1) is 19.1. The van der Waals surface area contributed by atoms with Gasteiger partial charge in [0.2, 0.25) is 0 Å². The molecule has 0 aromatic heterocycles. The zero-order valence-electron chi connectivity index (χ0n) is 14.1. The molecule has 0 atom stereocenters. The Balaban J connectivity index is 2.21. The number of aryl methyl sites for hydroxylation is 2. The van der Waals surface area contributed by atoms with Crippen LogP contribution in [0.2, 0.25) is 0 Å². The zero-order valence-corrected chi connectivity index (χ0v) is 14.1. The van der Waals surface area contributed by atoms with Gasteiger partial charge in [-0.1, -0.05) is 29.8 Å². The summed E-state index contributed by atoms with van der Waals surface area (Å²) < 4.78 is 39.0. The Morgan fingerprint density at radius 2 is 1.81 bits per heavy atom. The van der Waals surface area contributed by atoms with E-state index in [1.54, 1.807) is 12.1 Å². The number of anilines is 2. The Morgan fingerprint density at radius 1 is 1.12 bits per heavy atom. The van der Waals surface area contributed by atoms with Crippen LogP contribution in [-0.4, -0.2) is 5.91 Å². The molecule has 0 bridgehead atoms. The smallest absolute Gasteiger partial charge is 0.360 e. The molecule has 0 aliphatic carbocycles. The van der Waals surface area contributed by atoms with Gasteiger partial charge in [0.15, 0.2) is 0 Å². The van der Waals surface area contributed by atoms with Crippen LogP contribution in [0.5, 0.6) is 0 Å². The standard InChI is InChI=1S/C19H16F3N3O/c1-12-7-8-16(13(2)9-12)24-11-14(10-23)18(26)25-17-6-4-3-5-15(17)19(20,21)22/h3-9,11,24H,1-2H3,(H,25,26)/b14-11-. The molecule has 2 aromatic rings. The SMILES string of the molecule is Cc1ccc(N/C=C(/C#N)C(=O)Nc2ccccc2C(F)(F)F)c(C)c1. The van der Waals surface area contributed by atoms with Crippen LogP contribution in [0.4, 0.5) is 24.5 Å². The van der Waals surface area contributed by atoms with Gasteiger partial charge in [0.1, 0.15) is 11.6 Å². The van der Waals surface area contributed by atoms with Crippen molar-refractivity contribution in [3.8, 4) is 6.07 Å². The van der Waals surface area contributed by atoms with E-state index >= 15 is 0 Å². The number of carbonyl (C=O) groups excluding carboxylic acids is 1. The lowest BCUT2D eigenvalue weighted by Gasteiger charge is -2.13. The lowest BCUT2D eigenvalue weighted by atomic mass is 10.1. The maximum absolute atomic E-state index is 13.0. The zero-order chi connectivity index (χ0) is 19.3. The summed E-state index contributed by atoms with van der Waals surface area (Å²) in [6, 6.07) is 11.8. The molecule has 0 saturated heterocycles. The highest BCUT2D eigenvalue weighted by Crippen LogP contribution is 2.34. The van der Waals surface area contributed by atoms with Crippen LogP contribution in [-0.2, 0) is 11.0 Å². The van der Waals surface area contributed by atoms with Crippen molar-refractivity contribution in [2.45, 2.75) is 20.0 Å². The quantitative estimate of drug-likeness (QED) is 0.610. The molecule has 2 N–H and O–H groups in total. The van der Waals surface area contributed by atoms with Crippen LogP contribution in [0, 0.1) is 25.2 Å². The van der Waals surface area contributed by atoms with E-state index in [1.807, 2.05) is 26.0 Å². The molecule has 1 amide bonds. The Hall–Kier alpha value is -3.27. The fraction of sp³-hybridized carbons (Fsp3) is 0.158. The summed E-state index contributed by atoms with van der Waals surface area (Å²) in [5, 5.41) is 14.1. The van der Waals surface area contributed by atoms with Gasteiger partial charge in [0, 0.05) is 11.9 Å². The number of hydrogen-bond donors (Lipinski definition) is 2. The predicted molar refractivity (Wildman–Crippen MR) is 93.3 cm³/mol. The van der Waals surface area contributed by atoms with Crippen LogP contribution in [0.15, 0.2) is 54.2 Å². The van der Waals surface area contributed by atoms with Crippen molar-refractivity contribution in [2.75, 3.05) is 10.6 Å². The summed E-state index contributed by atoms with van der Waals surface area (Å²) in [5.74, 6) is -0.929. The largest absolute Gasteiger partial charge is 0.418 e. The molecule has 0 fully saturated rings. The molecule has 134 valence electrons. The Morgan fingerprint density at radius 3 is 2.42 bits per heavy atom. The minimum atomic E-state index is -4.61. The number of rotatable bonds is 4. The second-order valence-electron chi connectivity index (χ2n) is 5.63. The predicted octanol–water partition coefficient (Wildman–Crippen LogP) is 4.78. The van der Waals surface area contributed by atoms with E-state index in [9.17, 15) is 18.0 Å². The summed E-state index contributed by atoms with van der Waals surface area (Å²) in [6.07, 6.45) is -3.44. The van der Waals surface area contributed by atoms with Gasteiger partial charge < -0.3 is 10.6 Å². The molecule has 0 unspecified atom stereocenters. The van der Waals surface area contributed by atoms with E-state index in [-0.39, 0.29) is 5.57 Å². The van der Waals surface area contributed by atoms with Crippen LogP contribution in [0.3, 0.4) is 0 Å². The first-order chi connectivity index (χ1) is 12.2. The van der Waals surface area contributed by atoms with E-state index in [2.05, 4.69) is 10.6 Å². The highest BCUT2D eigenvalue weighted by atomic mass is 19.4. The van der Waals surface area contributed by atoms with E-state index in [0.29, 0.717) is 5.69 Å². The van der Waals surface area contributed by atoms with Crippen molar-refractivity contribution in [2.24, 2.45) is 0 Å². The molecule has 0 heterocycles. The number of nitriles is 1. The number of carbonyl (C=O) groups is 1. The number of amides is 1. The molecule has 0 aliphatic heterocycles. The number of nitrogens with zero attached hydrogens (tertiary/aromatic N) is 1. The Labute approximate surface area is 149 Å². The summed E-state index contributed by atoms with van der Waals surface area (Å²) in [6.45, 7) is 3.79. The van der Waals surface area contributed by atoms with Crippen molar-refractivity contribution in [1.29, 1.82) is 5.26 Å². The molecular weight excluding hydrogens is 343 g/mol. The summed E-state index contributed by atoms with van der Waals surface area (Å²) in [5.41, 5.74) is 0.917. The molecule has 0 aliphatic rings. The van der Waals surface area contributed by atoms with Crippen LogP contribution in [0.1, 0.15) is 16.7 Å². The van der Waals surface area contributed by atoms with Gasteiger partial charge in [-0.3, -0.25) is 4.79 Å². The van der Waals surface area contributed by atoms with Gasteiger partial charge in [0.25, 0.3) is 5.91 Å². The first-order valence-corrected chi connectivity index (χ1v) is 7.64. The number of alkyl halides is 3. The normalized spacial score (nSPS) is 11.6. The molecule has 0 saturated carbocycles. The van der Waals surface area contributed by atoms with E-state index in [0.717, 1.165) is 23.3 Å². The molecular formula is C19H16F3N3O. The molecule has 4 nitrogen and oxygen atoms in total. The molecule has 0 spiro atoms. The third-order valence-electron chi connectivity index (χ3n) is 3.60. The third kappa shape index (κ3) is 4.63. The topological polar surface area (TPSA) is 64.9 Å². The second-order valence-corrected chi connectivity index (χ2v) is 5.63. The average molecular weight is 359 g/mol. The van der Waals surface area contributed by atoms with E-state index < -0.39 is 23.3 Å². The van der Waals surface area contributed by atoms with Crippen molar-refractivity contribution in [3.63, 3.8) is 0 Å². The number of hydrogen-bond acceptors (Lipinski definition) is 3. The lowest BCUT2D eigenvalue weighted by Crippen LogP contribution is -2.18. The lowest BCUT2D eigenvalue weighted by molar-refractivity contribution is -0.137. The highest BCUT2D eigenvalue weighted by molar-refractivity contribution is 6.07. The fourth-order valence-corrected chi connectivity index (χ4v) is 2.30. The third-order valence-corrected chi connectivity index (χ3v) is 3.60. The number of halogens is 3. The van der Waals surface area contributed by atoms with Gasteiger partial charge in [-0.2, -0.15) is 18.4 Å². The van der Waals surface area contributed by atoms with Crippen molar-refractivity contribution in [3.05, 3.63) is 70.9 Å². The highest BCUT2D eigenvalue weighted by Gasteiger charge is 2.33. The van der Waals surface area contributed by atoms with Gasteiger partial charge in [-0.25, -0.2) is 0 Å². The summed E-state index contributed by atoms with van der Waals surface area (Å²) in [7, 11) is 0. The average Bonchev–Trinajstić information content (AvgIpc) is 2.56. The minimum Gasteiger partial charge on any atom is -0.360 e. The monoisotopic (exact) mass is 359 g/mol. The first-order valence-electron chi connectivity index (χ1n) is 7.64. The van der Waals surface area contributed by atoms with Crippen LogP contribution in [0.25, 0.3) is 0 Å². The number of benzene rings is 2. The molecule has 7 heteroatoms. The maximum atomic E-state index is 13.0. The number of nitrogens with one attached hydrogen (secondary N) is 2. The van der Waals surface area contributed by atoms with Gasteiger partial charge >= 0.3 is 6.18 Å². The van der Waals surface area contributed by atoms with Gasteiger partial charge in [-0.15, -0.1) is 0 Å². The molecule has 2 aromatic carbocycles. The van der Waals surface area contributed by atoms with Gasteiger partial charge in [-0.05, 0) is 37.6 Å². The van der Waals surface area contributed by atoms with Crippen LogP contribution < -0.4 is 10.6 Å². The molecule has 26 heavy (non-hydrogen) atoms. The fourth-order valence-electron chi connectivity index (χ4n) is 2.30. The van der Waals surface area contributed by atoms with Crippen molar-refractivity contribution < 1.29 is 18.0 Å². The molecule has 2 rings (SSSR count). The van der Waals surface area contributed by atoms with Crippen molar-refractivity contribution >= 4 is 17.3 Å². The van der Waals surface area contributed by atoms with Gasteiger partial charge in [0.05, 0.1) is 11.3 Å². The summed E-state index contributed by atoms with van der Waals surface area (Å²) >= 11 is 0. The minimum absolute atomic E-state index is 0.345. The number of para-hydroxylation sites is 1. The van der Waals surface area contributed by atoms with Crippen LogP contribution >= 0.6 is 0 Å². The summed E-state index contributed by atoms with van der Waals surface area (Å²) in [4.78, 5) is 12.2. The van der Waals surface area contributed by atoms with Crippen molar-refractivity contribution in [1.82, 2.24) is 0 Å². The van der Waals surface area contributed by atoms with E-state index in [1.165, 1.54) is 18.3 Å². The molecule has 0 radical (unpaired) electrons. The van der Waals surface area contributed by atoms with E-state index in [4.69, 9.17) is 5.26 Å². The Kier molecular flexibility index (Phi) is 5.68. The Bertz CT molecular complexity index is 896. The second kappa shape index (κ2) is 7.74.